The Morgan fingerprint density at radius 2 is 1.81 bits per heavy atom. The lowest BCUT2D eigenvalue weighted by molar-refractivity contribution is -0.384. The molecule has 1 aromatic rings. The SMILES string of the molecule is CSN(C(=O)[C@@H](CC1CCCCC1)NC(=O)OC(C)(C)C)[C@@H](C)c1ccc([N+](=O)[O-])cc1. The molecule has 178 valence electrons. The molecule has 8 nitrogen and oxygen atoms in total. The van der Waals surface area contributed by atoms with Gasteiger partial charge in [-0.15, -0.1) is 0 Å². The molecular weight excluding hydrogens is 430 g/mol. The first-order chi connectivity index (χ1) is 15.0. The van der Waals surface area contributed by atoms with E-state index >= 15 is 0 Å². The summed E-state index contributed by atoms with van der Waals surface area (Å²) in [5.74, 6) is 0.186. The van der Waals surface area contributed by atoms with Crippen molar-refractivity contribution < 1.29 is 19.2 Å². The predicted octanol–water partition coefficient (Wildman–Crippen LogP) is 5.63. The molecule has 0 radical (unpaired) electrons. The van der Waals surface area contributed by atoms with Crippen molar-refractivity contribution >= 4 is 29.6 Å². The van der Waals surface area contributed by atoms with Crippen molar-refractivity contribution in [1.29, 1.82) is 0 Å². The molecule has 2 atom stereocenters. The minimum Gasteiger partial charge on any atom is -0.444 e. The Bertz CT molecular complexity index is 788. The molecule has 0 saturated heterocycles. The minimum atomic E-state index is -0.694. The molecule has 0 unspecified atom stereocenters. The number of benzene rings is 1. The van der Waals surface area contributed by atoms with Gasteiger partial charge in [0.15, 0.2) is 0 Å². The number of non-ortho nitro benzene ring substituents is 1. The highest BCUT2D eigenvalue weighted by molar-refractivity contribution is 7.96. The van der Waals surface area contributed by atoms with Gasteiger partial charge in [-0.1, -0.05) is 56.2 Å². The van der Waals surface area contributed by atoms with Crippen LogP contribution in [-0.2, 0) is 9.53 Å². The maximum absolute atomic E-state index is 13.6. The molecule has 1 fully saturated rings. The second-order valence-corrected chi connectivity index (χ2v) is 10.1. The van der Waals surface area contributed by atoms with E-state index in [1.54, 1.807) is 37.2 Å². The summed E-state index contributed by atoms with van der Waals surface area (Å²) < 4.78 is 7.04. The molecule has 1 aromatic carbocycles. The van der Waals surface area contributed by atoms with Gasteiger partial charge in [0.25, 0.3) is 11.6 Å². The number of ether oxygens (including phenoxy) is 1. The lowest BCUT2D eigenvalue weighted by Crippen LogP contribution is -2.49. The van der Waals surface area contributed by atoms with Crippen LogP contribution in [0, 0.1) is 16.0 Å². The van der Waals surface area contributed by atoms with E-state index in [0.29, 0.717) is 12.3 Å². The molecule has 9 heteroatoms. The number of carbonyl (C=O) groups excluding carboxylic acids is 2. The molecule has 0 aromatic heterocycles. The fourth-order valence-corrected chi connectivity index (χ4v) is 4.78. The fraction of sp³-hybridized carbons (Fsp3) is 0.652. The van der Waals surface area contributed by atoms with Crippen molar-refractivity contribution in [3.05, 3.63) is 39.9 Å². The Morgan fingerprint density at radius 1 is 1.22 bits per heavy atom. The van der Waals surface area contributed by atoms with Gasteiger partial charge in [-0.2, -0.15) is 0 Å². The summed E-state index contributed by atoms with van der Waals surface area (Å²) in [5, 5.41) is 13.8. The van der Waals surface area contributed by atoms with Crippen molar-refractivity contribution in [2.75, 3.05) is 6.26 Å². The van der Waals surface area contributed by atoms with Crippen LogP contribution in [0.5, 0.6) is 0 Å². The lowest BCUT2D eigenvalue weighted by atomic mass is 9.84. The number of rotatable bonds is 8. The van der Waals surface area contributed by atoms with Gasteiger partial charge >= 0.3 is 6.09 Å². The molecule has 0 bridgehead atoms. The molecule has 0 spiro atoms. The predicted molar refractivity (Wildman–Crippen MR) is 126 cm³/mol. The van der Waals surface area contributed by atoms with Gasteiger partial charge in [-0.25, -0.2) is 4.79 Å². The Morgan fingerprint density at radius 3 is 2.31 bits per heavy atom. The molecule has 32 heavy (non-hydrogen) atoms. The summed E-state index contributed by atoms with van der Waals surface area (Å²) in [6, 6.07) is 5.18. The molecule has 2 rings (SSSR count). The van der Waals surface area contributed by atoms with E-state index in [9.17, 15) is 19.7 Å². The summed E-state index contributed by atoms with van der Waals surface area (Å²) in [6.45, 7) is 7.24. The van der Waals surface area contributed by atoms with Gasteiger partial charge in [-0.3, -0.25) is 19.2 Å². The quantitative estimate of drug-likeness (QED) is 0.303. The van der Waals surface area contributed by atoms with E-state index in [2.05, 4.69) is 5.32 Å². The molecule has 0 heterocycles. The minimum absolute atomic E-state index is 0.00439. The third kappa shape index (κ3) is 7.69. The standard InChI is InChI=1S/C23H35N3O5S/c1-16(18-11-13-19(14-12-18)26(29)30)25(32-5)21(27)20(15-17-9-7-6-8-10-17)24-22(28)31-23(2,3)4/h11-14,16-17,20H,6-10,15H2,1-5H3,(H,24,28)/t16-,20+/m0/s1. The highest BCUT2D eigenvalue weighted by Crippen LogP contribution is 2.31. The molecule has 1 aliphatic rings. The number of hydrogen-bond acceptors (Lipinski definition) is 6. The number of amides is 2. The third-order valence-electron chi connectivity index (χ3n) is 5.63. The van der Waals surface area contributed by atoms with Crippen molar-refractivity contribution in [3.63, 3.8) is 0 Å². The third-order valence-corrected chi connectivity index (χ3v) is 6.52. The van der Waals surface area contributed by atoms with Gasteiger partial charge in [0.1, 0.15) is 11.6 Å². The number of nitrogens with zero attached hydrogens (tertiary/aromatic N) is 2. The Hall–Kier alpha value is -2.29. The largest absolute Gasteiger partial charge is 0.444 e. The molecule has 1 N–H and O–H groups in total. The maximum Gasteiger partial charge on any atom is 0.408 e. The van der Waals surface area contributed by atoms with E-state index in [1.807, 2.05) is 13.2 Å². The molecule has 1 aliphatic carbocycles. The van der Waals surface area contributed by atoms with Crippen LogP contribution >= 0.6 is 11.9 Å². The number of hydrogen-bond donors (Lipinski definition) is 1. The smallest absolute Gasteiger partial charge is 0.408 e. The van der Waals surface area contributed by atoms with Gasteiger partial charge < -0.3 is 10.1 Å². The Kier molecular flexibility index (Phi) is 9.36. The molecular formula is C23H35N3O5S. The number of nitro benzene ring substituents is 1. The summed E-state index contributed by atoms with van der Waals surface area (Å²) in [6.07, 6.45) is 7.38. The van der Waals surface area contributed by atoms with E-state index in [4.69, 9.17) is 4.74 Å². The van der Waals surface area contributed by atoms with Crippen LogP contribution in [0.1, 0.15) is 77.8 Å². The van der Waals surface area contributed by atoms with Gasteiger partial charge in [0.05, 0.1) is 11.0 Å². The van der Waals surface area contributed by atoms with E-state index in [-0.39, 0.29) is 17.6 Å². The van der Waals surface area contributed by atoms with Crippen molar-refractivity contribution in [2.45, 2.75) is 83.9 Å². The van der Waals surface area contributed by atoms with Crippen LogP contribution in [0.4, 0.5) is 10.5 Å². The summed E-state index contributed by atoms with van der Waals surface area (Å²) in [7, 11) is 0. The summed E-state index contributed by atoms with van der Waals surface area (Å²) in [5.41, 5.74) is 0.130. The van der Waals surface area contributed by atoms with Gasteiger partial charge in [0, 0.05) is 18.4 Å². The second kappa shape index (κ2) is 11.5. The second-order valence-electron chi connectivity index (χ2n) is 9.31. The zero-order valence-electron chi connectivity index (χ0n) is 19.6. The van der Waals surface area contributed by atoms with Gasteiger partial charge in [-0.05, 0) is 45.6 Å². The molecule has 1 saturated carbocycles. The molecule has 2 amide bonds. The average molecular weight is 466 g/mol. The van der Waals surface area contributed by atoms with Crippen LogP contribution in [0.15, 0.2) is 24.3 Å². The highest BCUT2D eigenvalue weighted by Gasteiger charge is 2.33. The Balaban J connectivity index is 2.20. The summed E-state index contributed by atoms with van der Waals surface area (Å²) in [4.78, 5) is 36.6. The van der Waals surface area contributed by atoms with Crippen LogP contribution in [0.2, 0.25) is 0 Å². The number of nitro groups is 1. The van der Waals surface area contributed by atoms with Gasteiger partial charge in [0.2, 0.25) is 0 Å². The van der Waals surface area contributed by atoms with E-state index in [1.165, 1.54) is 30.5 Å². The maximum atomic E-state index is 13.6. The zero-order valence-corrected chi connectivity index (χ0v) is 20.4. The highest BCUT2D eigenvalue weighted by atomic mass is 32.2. The monoisotopic (exact) mass is 465 g/mol. The first-order valence-corrected chi connectivity index (χ1v) is 12.3. The fourth-order valence-electron chi connectivity index (χ4n) is 4.03. The first kappa shape index (κ1) is 26.0. The van der Waals surface area contributed by atoms with Crippen molar-refractivity contribution in [1.82, 2.24) is 9.62 Å². The first-order valence-electron chi connectivity index (χ1n) is 11.1. The number of alkyl carbamates (subject to hydrolysis) is 1. The van der Waals surface area contributed by atoms with Crippen LogP contribution in [-0.4, -0.2) is 39.1 Å². The summed E-state index contributed by atoms with van der Waals surface area (Å²) >= 11 is 1.28. The average Bonchev–Trinajstić information content (AvgIpc) is 2.73. The van der Waals surface area contributed by atoms with Crippen molar-refractivity contribution in [3.8, 4) is 0 Å². The van der Waals surface area contributed by atoms with E-state index in [0.717, 1.165) is 31.2 Å². The Labute approximate surface area is 194 Å². The topological polar surface area (TPSA) is 102 Å². The molecule has 0 aliphatic heterocycles. The van der Waals surface area contributed by atoms with Crippen LogP contribution < -0.4 is 5.32 Å². The van der Waals surface area contributed by atoms with Crippen molar-refractivity contribution in [2.24, 2.45) is 5.92 Å². The zero-order chi connectivity index (χ0) is 23.9. The number of nitrogens with one attached hydrogen (secondary N) is 1. The lowest BCUT2D eigenvalue weighted by Gasteiger charge is -2.33. The van der Waals surface area contributed by atoms with Crippen LogP contribution in [0.25, 0.3) is 0 Å². The van der Waals surface area contributed by atoms with Crippen LogP contribution in [0.3, 0.4) is 0 Å². The number of carbonyl (C=O) groups is 2. The van der Waals surface area contributed by atoms with E-state index < -0.39 is 22.7 Å². The normalized spacial score (nSPS) is 16.7.